The van der Waals surface area contributed by atoms with Crippen LogP contribution in [-0.4, -0.2) is 27.3 Å². The Labute approximate surface area is 72.1 Å². The molecular weight excluding hydrogens is 182 g/mol. The van der Waals surface area contributed by atoms with Crippen molar-refractivity contribution in [3.63, 3.8) is 0 Å². The van der Waals surface area contributed by atoms with Gasteiger partial charge in [-0.15, -0.1) is 0 Å². The minimum Gasteiger partial charge on any atom is -0.449 e. The van der Waals surface area contributed by atoms with Crippen LogP contribution in [0.25, 0.3) is 0 Å². The topological polar surface area (TPSA) is 75.6 Å². The molecule has 0 aromatic heterocycles. The molecule has 1 atom stereocenters. The molecular formula is C6H13NO4S. The van der Waals surface area contributed by atoms with Gasteiger partial charge in [0.2, 0.25) is 0 Å². The largest absolute Gasteiger partial charge is 0.449 e. The first kappa shape index (κ1) is 11.2. The fraction of sp³-hybridized carbons (Fsp3) is 0.667. The van der Waals surface area contributed by atoms with Crippen LogP contribution in [0.4, 0.5) is 4.79 Å². The molecule has 1 unspecified atom stereocenters. The Hall–Kier alpha value is -0.750. The maximum absolute atomic E-state index is 10.7. The molecule has 0 aliphatic heterocycles. The number of ether oxygens (including phenoxy) is 1. The molecule has 1 amide bonds. The molecule has 0 rings (SSSR count). The van der Waals surface area contributed by atoms with E-state index in [0.717, 1.165) is 0 Å². The van der Waals surface area contributed by atoms with Crippen LogP contribution in [0.1, 0.15) is 13.8 Å². The van der Waals surface area contributed by atoms with E-state index >= 15 is 0 Å². The van der Waals surface area contributed by atoms with Crippen molar-refractivity contribution in [3.8, 4) is 0 Å². The molecule has 0 saturated heterocycles. The molecule has 0 radical (unpaired) electrons. The molecule has 0 aliphatic rings. The van der Waals surface area contributed by atoms with Gasteiger partial charge in [0.05, 0.1) is 6.61 Å². The van der Waals surface area contributed by atoms with Crippen molar-refractivity contribution < 1.29 is 18.3 Å². The van der Waals surface area contributed by atoms with Gasteiger partial charge < -0.3 is 4.74 Å². The molecule has 0 saturated carbocycles. The summed E-state index contributed by atoms with van der Waals surface area (Å²) in [7, 11) is -3.50. The van der Waals surface area contributed by atoms with E-state index in [0.29, 0.717) is 0 Å². The van der Waals surface area contributed by atoms with Crippen molar-refractivity contribution >= 4 is 22.0 Å². The average Bonchev–Trinajstić information content (AvgIpc) is 1.79. The molecule has 0 heterocycles. The number of hydrogen-bond donors (Lipinski definition) is 2. The summed E-state index contributed by atoms with van der Waals surface area (Å²) < 4.78 is 25.3. The summed E-state index contributed by atoms with van der Waals surface area (Å²) >= 11 is 0. The zero-order valence-corrected chi connectivity index (χ0v) is 7.89. The molecule has 0 aliphatic carbocycles. The molecule has 0 spiro atoms. The lowest BCUT2D eigenvalue weighted by Gasteiger charge is -2.07. The summed E-state index contributed by atoms with van der Waals surface area (Å²) in [5.41, 5.74) is 0. The van der Waals surface area contributed by atoms with Crippen LogP contribution in [-0.2, 0) is 14.7 Å². The van der Waals surface area contributed by atoms with Crippen molar-refractivity contribution in [1.29, 1.82) is 0 Å². The summed E-state index contributed by atoms with van der Waals surface area (Å²) in [5.74, 6) is 3.00. The highest BCUT2D eigenvalue weighted by molar-refractivity contribution is 7.93. The minimum absolute atomic E-state index is 0.190. The van der Waals surface area contributed by atoms with Crippen LogP contribution in [0.15, 0.2) is 0 Å². The van der Waals surface area contributed by atoms with Gasteiger partial charge in [0.15, 0.2) is 9.99 Å². The van der Waals surface area contributed by atoms with Crippen LogP contribution in [0, 0.1) is 5.92 Å². The third-order valence-corrected chi connectivity index (χ3v) is 1.28. The molecule has 0 aromatic carbocycles. The summed E-state index contributed by atoms with van der Waals surface area (Å²) in [4.78, 5) is 10.7. The van der Waals surface area contributed by atoms with E-state index in [1.807, 2.05) is 13.8 Å². The van der Waals surface area contributed by atoms with Gasteiger partial charge in [0, 0.05) is 0 Å². The van der Waals surface area contributed by atoms with Crippen LogP contribution < -0.4 is 4.72 Å². The first-order valence-corrected chi connectivity index (χ1v) is 5.04. The molecule has 72 valence electrons. The van der Waals surface area contributed by atoms with Gasteiger partial charge in [-0.3, -0.25) is 4.55 Å². The first-order valence-electron chi connectivity index (χ1n) is 3.35. The summed E-state index contributed by atoms with van der Waals surface area (Å²) in [6, 6.07) is 0. The Morgan fingerprint density at radius 2 is 2.25 bits per heavy atom. The molecule has 6 heteroatoms. The monoisotopic (exact) mass is 195 g/mol. The molecule has 2 N–H and O–H groups in total. The molecule has 0 aromatic rings. The van der Waals surface area contributed by atoms with Crippen molar-refractivity contribution in [2.75, 3.05) is 6.61 Å². The lowest BCUT2D eigenvalue weighted by molar-refractivity contribution is 0.139. The van der Waals surface area contributed by atoms with E-state index < -0.39 is 16.1 Å². The maximum atomic E-state index is 10.7. The Balaban J connectivity index is 3.77. The van der Waals surface area contributed by atoms with E-state index in [-0.39, 0.29) is 12.5 Å². The van der Waals surface area contributed by atoms with Gasteiger partial charge in [-0.1, -0.05) is 13.8 Å². The van der Waals surface area contributed by atoms with E-state index in [9.17, 15) is 9.00 Å². The smallest absolute Gasteiger partial charge is 0.420 e. The Morgan fingerprint density at radius 1 is 1.75 bits per heavy atom. The predicted octanol–water partition coefficient (Wildman–Crippen LogP) is 0.473. The van der Waals surface area contributed by atoms with Gasteiger partial charge in [-0.05, 0) is 11.8 Å². The third kappa shape index (κ3) is 7.36. The van der Waals surface area contributed by atoms with Crippen LogP contribution in [0.5, 0.6) is 0 Å². The van der Waals surface area contributed by atoms with Crippen LogP contribution in [0.2, 0.25) is 0 Å². The number of rotatable bonds is 3. The fourth-order valence-corrected chi connectivity index (χ4v) is 0.721. The SMILES string of the molecule is C=S(=O)(O)NC(=O)OCC(C)C. The number of nitrogens with one attached hydrogen (secondary N) is 1. The van der Waals surface area contributed by atoms with Crippen molar-refractivity contribution in [3.05, 3.63) is 0 Å². The second kappa shape index (κ2) is 4.32. The van der Waals surface area contributed by atoms with E-state index in [4.69, 9.17) is 4.55 Å². The van der Waals surface area contributed by atoms with Gasteiger partial charge in [-0.25, -0.2) is 13.7 Å². The average molecular weight is 195 g/mol. The number of hydrogen-bond acceptors (Lipinski definition) is 3. The van der Waals surface area contributed by atoms with Gasteiger partial charge >= 0.3 is 6.09 Å². The van der Waals surface area contributed by atoms with Gasteiger partial charge in [-0.2, -0.15) is 0 Å². The first-order chi connectivity index (χ1) is 5.31. The van der Waals surface area contributed by atoms with Crippen LogP contribution >= 0.6 is 0 Å². The van der Waals surface area contributed by atoms with E-state index in [1.54, 1.807) is 4.72 Å². The highest BCUT2D eigenvalue weighted by Crippen LogP contribution is 1.92. The van der Waals surface area contributed by atoms with Gasteiger partial charge in [0.25, 0.3) is 0 Å². The number of carbonyl (C=O) groups is 1. The Morgan fingerprint density at radius 3 is 2.58 bits per heavy atom. The highest BCUT2D eigenvalue weighted by Gasteiger charge is 2.06. The predicted molar refractivity (Wildman–Crippen MR) is 47.2 cm³/mol. The lowest BCUT2D eigenvalue weighted by atomic mass is 10.2. The molecule has 0 bridgehead atoms. The van der Waals surface area contributed by atoms with E-state index in [1.165, 1.54) is 0 Å². The van der Waals surface area contributed by atoms with Crippen molar-refractivity contribution in [2.45, 2.75) is 13.8 Å². The number of amides is 1. The number of carbonyl (C=O) groups excluding carboxylic acids is 1. The zero-order valence-electron chi connectivity index (χ0n) is 7.07. The summed E-state index contributed by atoms with van der Waals surface area (Å²) in [6.07, 6.45) is -0.925. The summed E-state index contributed by atoms with van der Waals surface area (Å²) in [5, 5.41) is 0. The molecule has 0 fully saturated rings. The van der Waals surface area contributed by atoms with Crippen molar-refractivity contribution in [1.82, 2.24) is 4.72 Å². The molecule has 5 nitrogen and oxygen atoms in total. The minimum atomic E-state index is -3.50. The summed E-state index contributed by atoms with van der Waals surface area (Å²) in [6.45, 7) is 3.92. The quantitative estimate of drug-likeness (QED) is 0.642. The third-order valence-electron chi connectivity index (χ3n) is 0.791. The maximum Gasteiger partial charge on any atom is 0.420 e. The Bertz CT molecular complexity index is 244. The highest BCUT2D eigenvalue weighted by atomic mass is 32.2. The normalized spacial score (nSPS) is 15.3. The lowest BCUT2D eigenvalue weighted by Crippen LogP contribution is -2.31. The Kier molecular flexibility index (Phi) is 4.05. The van der Waals surface area contributed by atoms with Crippen molar-refractivity contribution in [2.24, 2.45) is 5.92 Å². The fourth-order valence-electron chi connectivity index (χ4n) is 0.402. The standard InChI is InChI=1S/C6H13NO4S/c1-5(2)4-11-6(8)7-12(3,9)10/h5H,3-4H2,1-2H3,(H2,7,8,9,10). The van der Waals surface area contributed by atoms with Crippen LogP contribution in [0.3, 0.4) is 0 Å². The van der Waals surface area contributed by atoms with Gasteiger partial charge in [0.1, 0.15) is 0 Å². The molecule has 12 heavy (non-hydrogen) atoms. The second-order valence-corrected chi connectivity index (χ2v) is 4.22. The van der Waals surface area contributed by atoms with E-state index in [2.05, 4.69) is 10.6 Å². The zero-order chi connectivity index (χ0) is 9.78. The second-order valence-electron chi connectivity index (χ2n) is 2.73.